The van der Waals surface area contributed by atoms with Gasteiger partial charge < -0.3 is 15.0 Å². The molecular weight excluding hydrogens is 324 g/mol. The Morgan fingerprint density at radius 2 is 2.25 bits per heavy atom. The van der Waals surface area contributed by atoms with E-state index in [2.05, 4.69) is 27.3 Å². The molecule has 7 heteroatoms. The van der Waals surface area contributed by atoms with Crippen LogP contribution in [0, 0.1) is 5.92 Å². The molecule has 2 aromatic heterocycles. The third kappa shape index (κ3) is 1.94. The van der Waals surface area contributed by atoms with E-state index in [1.807, 2.05) is 6.20 Å². The highest BCUT2D eigenvalue weighted by atomic mass is 32.1. The fourth-order valence-corrected chi connectivity index (χ4v) is 5.27. The van der Waals surface area contributed by atoms with E-state index in [4.69, 9.17) is 4.74 Å². The zero-order valence-electron chi connectivity index (χ0n) is 13.5. The van der Waals surface area contributed by atoms with E-state index in [9.17, 15) is 4.79 Å². The van der Waals surface area contributed by atoms with Crippen molar-refractivity contribution in [2.24, 2.45) is 5.92 Å². The van der Waals surface area contributed by atoms with Gasteiger partial charge in [-0.2, -0.15) is 5.10 Å². The van der Waals surface area contributed by atoms with Gasteiger partial charge in [0, 0.05) is 17.8 Å². The third-order valence-corrected chi connectivity index (χ3v) is 6.85. The number of hydrogen-bond donors (Lipinski definition) is 2. The van der Waals surface area contributed by atoms with Crippen LogP contribution in [0.25, 0.3) is 10.4 Å². The lowest BCUT2D eigenvalue weighted by Gasteiger charge is -2.42. The first kappa shape index (κ1) is 14.3. The number of anilines is 1. The summed E-state index contributed by atoms with van der Waals surface area (Å²) in [6.45, 7) is 3.73. The van der Waals surface area contributed by atoms with Crippen molar-refractivity contribution in [1.82, 2.24) is 15.5 Å². The maximum atomic E-state index is 12.9. The molecule has 0 spiro atoms. The number of H-pyrrole nitrogens is 1. The van der Waals surface area contributed by atoms with Crippen LogP contribution in [0.1, 0.15) is 35.9 Å². The molecule has 126 valence electrons. The number of carbonyl (C=O) groups is 1. The highest BCUT2D eigenvalue weighted by Gasteiger charge is 2.43. The molecule has 2 aromatic rings. The molecule has 0 saturated heterocycles. The van der Waals surface area contributed by atoms with Crippen molar-refractivity contribution < 1.29 is 9.53 Å². The SMILES string of the molecule is C[C@H]1[C@H](C2CCC2)NC(=O)c2sc(-c3cn[nH]c3)c3c2N1CCO3. The van der Waals surface area contributed by atoms with Gasteiger partial charge in [0.05, 0.1) is 23.7 Å². The summed E-state index contributed by atoms with van der Waals surface area (Å²) in [5, 5.41) is 10.2. The number of nitrogens with zero attached hydrogens (tertiary/aromatic N) is 2. The Kier molecular flexibility index (Phi) is 3.13. The number of aromatic amines is 1. The summed E-state index contributed by atoms with van der Waals surface area (Å²) >= 11 is 1.51. The van der Waals surface area contributed by atoms with Crippen molar-refractivity contribution >= 4 is 22.9 Å². The number of thiophene rings is 1. The van der Waals surface area contributed by atoms with Crippen molar-refractivity contribution in [3.8, 4) is 16.2 Å². The van der Waals surface area contributed by atoms with Crippen molar-refractivity contribution in [3.63, 3.8) is 0 Å². The van der Waals surface area contributed by atoms with Crippen LogP contribution >= 0.6 is 11.3 Å². The predicted molar refractivity (Wildman–Crippen MR) is 92.8 cm³/mol. The fraction of sp³-hybridized carbons (Fsp3) is 0.529. The van der Waals surface area contributed by atoms with Gasteiger partial charge in [0.25, 0.3) is 5.91 Å². The van der Waals surface area contributed by atoms with Crippen LogP contribution in [0.3, 0.4) is 0 Å². The van der Waals surface area contributed by atoms with Crippen LogP contribution in [0.4, 0.5) is 5.69 Å². The minimum atomic E-state index is 0.0442. The Balaban J connectivity index is 1.63. The lowest BCUT2D eigenvalue weighted by atomic mass is 9.77. The van der Waals surface area contributed by atoms with Gasteiger partial charge in [0.15, 0.2) is 5.75 Å². The molecule has 1 aliphatic carbocycles. The highest BCUT2D eigenvalue weighted by Crippen LogP contribution is 2.51. The Labute approximate surface area is 144 Å². The lowest BCUT2D eigenvalue weighted by molar-refractivity contribution is 0.0900. The summed E-state index contributed by atoms with van der Waals surface area (Å²) in [7, 11) is 0. The Morgan fingerprint density at radius 1 is 1.38 bits per heavy atom. The summed E-state index contributed by atoms with van der Waals surface area (Å²) < 4.78 is 6.00. The number of carbonyl (C=O) groups excluding carboxylic acids is 1. The molecule has 0 unspecified atom stereocenters. The van der Waals surface area contributed by atoms with Gasteiger partial charge in [-0.15, -0.1) is 11.3 Å². The molecule has 1 amide bonds. The predicted octanol–water partition coefficient (Wildman–Crippen LogP) is 2.64. The van der Waals surface area contributed by atoms with E-state index < -0.39 is 0 Å². The average Bonchev–Trinajstić information content (AvgIpc) is 3.16. The van der Waals surface area contributed by atoms with E-state index in [1.165, 1.54) is 30.6 Å². The molecule has 2 aliphatic heterocycles. The van der Waals surface area contributed by atoms with Crippen molar-refractivity contribution in [3.05, 3.63) is 17.3 Å². The molecule has 2 atom stereocenters. The first-order valence-corrected chi connectivity index (χ1v) is 9.42. The Hall–Kier alpha value is -2.02. The molecule has 1 saturated carbocycles. The monoisotopic (exact) mass is 344 g/mol. The smallest absolute Gasteiger partial charge is 0.263 e. The third-order valence-electron chi connectivity index (χ3n) is 5.64. The molecule has 0 bridgehead atoms. The normalized spacial score (nSPS) is 26.2. The van der Waals surface area contributed by atoms with Crippen LogP contribution in [-0.2, 0) is 0 Å². The molecule has 4 heterocycles. The van der Waals surface area contributed by atoms with Crippen molar-refractivity contribution in [2.75, 3.05) is 18.1 Å². The molecule has 1 fully saturated rings. The van der Waals surface area contributed by atoms with Crippen LogP contribution in [0.15, 0.2) is 12.4 Å². The average molecular weight is 344 g/mol. The summed E-state index contributed by atoms with van der Waals surface area (Å²) in [5.74, 6) is 1.50. The van der Waals surface area contributed by atoms with Gasteiger partial charge in [-0.1, -0.05) is 6.42 Å². The first-order valence-electron chi connectivity index (χ1n) is 8.60. The molecule has 24 heavy (non-hydrogen) atoms. The van der Waals surface area contributed by atoms with Crippen molar-refractivity contribution in [2.45, 2.75) is 38.3 Å². The quantitative estimate of drug-likeness (QED) is 0.879. The number of aromatic nitrogens is 2. The van der Waals surface area contributed by atoms with Crippen LogP contribution in [0.5, 0.6) is 5.75 Å². The second-order valence-corrected chi connectivity index (χ2v) is 7.92. The minimum Gasteiger partial charge on any atom is -0.488 e. The number of ether oxygens (including phenoxy) is 1. The lowest BCUT2D eigenvalue weighted by Crippen LogP contribution is -2.54. The maximum Gasteiger partial charge on any atom is 0.263 e. The molecule has 3 aliphatic rings. The van der Waals surface area contributed by atoms with E-state index in [0.29, 0.717) is 12.5 Å². The van der Waals surface area contributed by atoms with Crippen LogP contribution < -0.4 is 15.0 Å². The molecule has 0 aromatic carbocycles. The molecule has 6 nitrogen and oxygen atoms in total. The minimum absolute atomic E-state index is 0.0442. The highest BCUT2D eigenvalue weighted by molar-refractivity contribution is 7.18. The Morgan fingerprint density at radius 3 is 2.96 bits per heavy atom. The van der Waals surface area contributed by atoms with E-state index >= 15 is 0 Å². The second kappa shape index (κ2) is 5.24. The molecule has 5 rings (SSSR count). The molecule has 2 N–H and O–H groups in total. The van der Waals surface area contributed by atoms with Crippen LogP contribution in [-0.4, -0.2) is 41.3 Å². The molecule has 0 radical (unpaired) electrons. The van der Waals surface area contributed by atoms with Gasteiger partial charge in [-0.3, -0.25) is 9.89 Å². The van der Waals surface area contributed by atoms with E-state index in [1.54, 1.807) is 6.20 Å². The number of rotatable bonds is 2. The fourth-order valence-electron chi connectivity index (χ4n) is 4.13. The topological polar surface area (TPSA) is 70.2 Å². The van der Waals surface area contributed by atoms with Gasteiger partial charge in [-0.05, 0) is 25.7 Å². The number of nitrogens with one attached hydrogen (secondary N) is 2. The van der Waals surface area contributed by atoms with E-state index in [-0.39, 0.29) is 18.0 Å². The summed E-state index contributed by atoms with van der Waals surface area (Å²) in [6, 6.07) is 0.518. The second-order valence-electron chi connectivity index (χ2n) is 6.90. The largest absolute Gasteiger partial charge is 0.488 e. The van der Waals surface area contributed by atoms with Gasteiger partial charge in [-0.25, -0.2) is 0 Å². The maximum absolute atomic E-state index is 12.9. The summed E-state index contributed by atoms with van der Waals surface area (Å²) in [6.07, 6.45) is 7.36. The zero-order valence-corrected chi connectivity index (χ0v) is 14.4. The standard InChI is InChI=1S/C17H20N4O2S/c1-9-12(10-3-2-4-10)20-17(22)16-13-14(23-6-5-21(9)13)15(24-16)11-7-18-19-8-11/h7-10,12H,2-6H2,1H3,(H,18,19)(H,20,22)/t9-,12+/m0/s1. The van der Waals surface area contributed by atoms with Gasteiger partial charge >= 0.3 is 0 Å². The van der Waals surface area contributed by atoms with E-state index in [0.717, 1.165) is 33.3 Å². The van der Waals surface area contributed by atoms with Gasteiger partial charge in [0.1, 0.15) is 17.2 Å². The molecular formula is C17H20N4O2S. The zero-order chi connectivity index (χ0) is 16.3. The first-order chi connectivity index (χ1) is 11.7. The summed E-state index contributed by atoms with van der Waals surface area (Å²) in [4.78, 5) is 17.1. The number of amides is 1. The van der Waals surface area contributed by atoms with Crippen LogP contribution in [0.2, 0.25) is 0 Å². The van der Waals surface area contributed by atoms with Gasteiger partial charge in [0.2, 0.25) is 0 Å². The number of hydrogen-bond acceptors (Lipinski definition) is 5. The summed E-state index contributed by atoms with van der Waals surface area (Å²) in [5.41, 5.74) is 1.95. The Bertz CT molecular complexity index is 781. The van der Waals surface area contributed by atoms with Crippen molar-refractivity contribution in [1.29, 1.82) is 0 Å².